The van der Waals surface area contributed by atoms with Crippen LogP contribution in [0.5, 0.6) is 0 Å². The predicted octanol–water partition coefficient (Wildman–Crippen LogP) is 3.05. The number of hydrogen-bond donors (Lipinski definition) is 1. The molecule has 1 saturated heterocycles. The Kier molecular flexibility index (Phi) is 4.35. The van der Waals surface area contributed by atoms with E-state index in [1.807, 2.05) is 12.1 Å². The lowest BCUT2D eigenvalue weighted by atomic mass is 9.99. The number of rotatable bonds is 3. The molecule has 1 aromatic rings. The van der Waals surface area contributed by atoms with Crippen molar-refractivity contribution in [1.29, 1.82) is 0 Å². The molecule has 1 aliphatic rings. The highest BCUT2D eigenvalue weighted by Crippen LogP contribution is 2.32. The van der Waals surface area contributed by atoms with E-state index in [1.54, 1.807) is 12.1 Å². The Morgan fingerprint density at radius 3 is 2.90 bits per heavy atom. The quantitative estimate of drug-likeness (QED) is 0.871. The van der Waals surface area contributed by atoms with Gasteiger partial charge in [-0.3, -0.25) is 0 Å². The van der Waals surface area contributed by atoms with Crippen LogP contribution in [0.1, 0.15) is 19.4 Å². The van der Waals surface area contributed by atoms with Gasteiger partial charge in [0.05, 0.1) is 18.8 Å². The SMILES string of the molecule is CC1(C)COCCN1c1ccc(Cl)cc1/C=C/C(=O)O. The van der Waals surface area contributed by atoms with Gasteiger partial charge in [-0.05, 0) is 43.7 Å². The Balaban J connectivity index is 2.42. The standard InChI is InChI=1S/C15H18ClNO3/c1-15(2)10-20-8-7-17(15)13-5-4-12(16)9-11(13)3-6-14(18)19/h3-6,9H,7-8,10H2,1-2H3,(H,18,19)/b6-3+. The maximum absolute atomic E-state index is 10.7. The topological polar surface area (TPSA) is 49.8 Å². The summed E-state index contributed by atoms with van der Waals surface area (Å²) in [5, 5.41) is 9.38. The van der Waals surface area contributed by atoms with E-state index < -0.39 is 5.97 Å². The normalized spacial score (nSPS) is 18.4. The first-order valence-corrected chi connectivity index (χ1v) is 6.84. The molecule has 0 saturated carbocycles. The van der Waals surface area contributed by atoms with Gasteiger partial charge < -0.3 is 14.7 Å². The molecule has 0 amide bonds. The van der Waals surface area contributed by atoms with Crippen molar-refractivity contribution in [3.8, 4) is 0 Å². The van der Waals surface area contributed by atoms with Gasteiger partial charge >= 0.3 is 5.97 Å². The number of benzene rings is 1. The third-order valence-electron chi connectivity index (χ3n) is 3.33. The van der Waals surface area contributed by atoms with Crippen LogP contribution in [0.3, 0.4) is 0 Å². The lowest BCUT2D eigenvalue weighted by Crippen LogP contribution is -2.53. The molecular weight excluding hydrogens is 278 g/mol. The summed E-state index contributed by atoms with van der Waals surface area (Å²) in [7, 11) is 0. The Morgan fingerprint density at radius 2 is 2.25 bits per heavy atom. The van der Waals surface area contributed by atoms with Gasteiger partial charge in [-0.1, -0.05) is 11.6 Å². The number of aliphatic carboxylic acids is 1. The zero-order chi connectivity index (χ0) is 14.8. The summed E-state index contributed by atoms with van der Waals surface area (Å²) in [5.41, 5.74) is 1.63. The highest BCUT2D eigenvalue weighted by atomic mass is 35.5. The number of halogens is 1. The number of nitrogens with zero attached hydrogens (tertiary/aromatic N) is 1. The van der Waals surface area contributed by atoms with Crippen LogP contribution in [-0.2, 0) is 9.53 Å². The average Bonchev–Trinajstić information content (AvgIpc) is 2.37. The van der Waals surface area contributed by atoms with Gasteiger partial charge in [-0.25, -0.2) is 4.79 Å². The average molecular weight is 296 g/mol. The highest BCUT2D eigenvalue weighted by Gasteiger charge is 2.31. The van der Waals surface area contributed by atoms with Gasteiger partial charge in [0.25, 0.3) is 0 Å². The van der Waals surface area contributed by atoms with E-state index in [0.29, 0.717) is 18.2 Å². The number of carboxylic acids is 1. The van der Waals surface area contributed by atoms with Crippen LogP contribution in [0.2, 0.25) is 5.02 Å². The summed E-state index contributed by atoms with van der Waals surface area (Å²) in [6.07, 6.45) is 2.71. The Labute approximate surface area is 123 Å². The molecule has 0 unspecified atom stereocenters. The third kappa shape index (κ3) is 3.32. The summed E-state index contributed by atoms with van der Waals surface area (Å²) < 4.78 is 5.52. The second kappa shape index (κ2) is 5.85. The molecular formula is C15H18ClNO3. The van der Waals surface area contributed by atoms with E-state index in [4.69, 9.17) is 21.4 Å². The van der Waals surface area contributed by atoms with Crippen LogP contribution in [0.4, 0.5) is 5.69 Å². The molecule has 0 atom stereocenters. The van der Waals surface area contributed by atoms with E-state index in [9.17, 15) is 4.79 Å². The first-order valence-electron chi connectivity index (χ1n) is 6.46. The first kappa shape index (κ1) is 14.9. The lowest BCUT2D eigenvalue weighted by molar-refractivity contribution is -0.131. The van der Waals surface area contributed by atoms with Crippen LogP contribution in [0.25, 0.3) is 6.08 Å². The van der Waals surface area contributed by atoms with Gasteiger partial charge in [0.15, 0.2) is 0 Å². The van der Waals surface area contributed by atoms with E-state index in [0.717, 1.165) is 23.9 Å². The van der Waals surface area contributed by atoms with Gasteiger partial charge in [0.1, 0.15) is 0 Å². The Morgan fingerprint density at radius 1 is 1.50 bits per heavy atom. The summed E-state index contributed by atoms with van der Waals surface area (Å²) >= 11 is 6.02. The van der Waals surface area contributed by atoms with Crippen molar-refractivity contribution in [3.05, 3.63) is 34.9 Å². The molecule has 0 spiro atoms. The largest absolute Gasteiger partial charge is 0.478 e. The summed E-state index contributed by atoms with van der Waals surface area (Å²) in [6, 6.07) is 5.53. The van der Waals surface area contributed by atoms with Crippen molar-refractivity contribution in [2.75, 3.05) is 24.7 Å². The fraction of sp³-hybridized carbons (Fsp3) is 0.400. The van der Waals surface area contributed by atoms with Crippen LogP contribution in [-0.4, -0.2) is 36.4 Å². The van der Waals surface area contributed by atoms with Crippen LogP contribution < -0.4 is 4.90 Å². The molecule has 1 aromatic carbocycles. The summed E-state index contributed by atoms with van der Waals surface area (Å²) in [6.45, 7) is 6.27. The van der Waals surface area contributed by atoms with Gasteiger partial charge in [-0.15, -0.1) is 0 Å². The molecule has 1 N–H and O–H groups in total. The molecule has 1 aliphatic heterocycles. The summed E-state index contributed by atoms with van der Waals surface area (Å²) in [5.74, 6) is -0.975. The van der Waals surface area contributed by atoms with Gasteiger partial charge in [0, 0.05) is 23.3 Å². The molecule has 0 bridgehead atoms. The zero-order valence-corrected chi connectivity index (χ0v) is 12.4. The van der Waals surface area contributed by atoms with E-state index in [-0.39, 0.29) is 5.54 Å². The molecule has 0 radical (unpaired) electrons. The fourth-order valence-electron chi connectivity index (χ4n) is 2.37. The number of ether oxygens (including phenoxy) is 1. The Bertz CT molecular complexity index is 540. The van der Waals surface area contributed by atoms with Gasteiger partial charge in [-0.2, -0.15) is 0 Å². The minimum atomic E-state index is -0.975. The molecule has 2 rings (SSSR count). The number of carbonyl (C=O) groups is 1. The first-order chi connectivity index (χ1) is 9.40. The number of anilines is 1. The Hall–Kier alpha value is -1.52. The number of hydrogen-bond acceptors (Lipinski definition) is 3. The third-order valence-corrected chi connectivity index (χ3v) is 3.57. The highest BCUT2D eigenvalue weighted by molar-refractivity contribution is 6.30. The minimum Gasteiger partial charge on any atom is -0.478 e. The fourth-order valence-corrected chi connectivity index (χ4v) is 2.55. The second-order valence-corrected chi connectivity index (χ2v) is 5.83. The number of morpholine rings is 1. The zero-order valence-electron chi connectivity index (χ0n) is 11.6. The van der Waals surface area contributed by atoms with E-state index in [2.05, 4.69) is 18.7 Å². The molecule has 1 fully saturated rings. The smallest absolute Gasteiger partial charge is 0.328 e. The van der Waals surface area contributed by atoms with Crippen molar-refractivity contribution in [3.63, 3.8) is 0 Å². The molecule has 0 aromatic heterocycles. The van der Waals surface area contributed by atoms with E-state index in [1.165, 1.54) is 0 Å². The van der Waals surface area contributed by atoms with Crippen molar-refractivity contribution in [1.82, 2.24) is 0 Å². The monoisotopic (exact) mass is 295 g/mol. The maximum Gasteiger partial charge on any atom is 0.328 e. The molecule has 1 heterocycles. The maximum atomic E-state index is 10.7. The number of carboxylic acid groups (broad SMARTS) is 1. The molecule has 108 valence electrons. The van der Waals surface area contributed by atoms with Crippen molar-refractivity contribution >= 4 is 29.3 Å². The second-order valence-electron chi connectivity index (χ2n) is 5.39. The van der Waals surface area contributed by atoms with Crippen molar-refractivity contribution in [2.24, 2.45) is 0 Å². The van der Waals surface area contributed by atoms with Crippen LogP contribution >= 0.6 is 11.6 Å². The van der Waals surface area contributed by atoms with E-state index >= 15 is 0 Å². The molecule has 4 nitrogen and oxygen atoms in total. The van der Waals surface area contributed by atoms with Crippen LogP contribution in [0.15, 0.2) is 24.3 Å². The molecule has 5 heteroatoms. The molecule has 0 aliphatic carbocycles. The predicted molar refractivity (Wildman–Crippen MR) is 80.4 cm³/mol. The van der Waals surface area contributed by atoms with Crippen molar-refractivity contribution in [2.45, 2.75) is 19.4 Å². The minimum absolute atomic E-state index is 0.141. The molecule has 20 heavy (non-hydrogen) atoms. The summed E-state index contributed by atoms with van der Waals surface area (Å²) in [4.78, 5) is 12.9. The lowest BCUT2D eigenvalue weighted by Gasteiger charge is -2.44. The van der Waals surface area contributed by atoms with Crippen molar-refractivity contribution < 1.29 is 14.6 Å². The van der Waals surface area contributed by atoms with Gasteiger partial charge in [0.2, 0.25) is 0 Å². The van der Waals surface area contributed by atoms with Crippen LogP contribution in [0, 0.1) is 0 Å².